The van der Waals surface area contributed by atoms with Gasteiger partial charge in [0.2, 0.25) is 5.91 Å². The molecule has 4 aliphatic carbocycles. The number of hydrazone groups is 1. The number of amides is 1. The Kier molecular flexibility index (Phi) is 4.18. The third kappa shape index (κ3) is 3.37. The molecule has 1 amide bonds. The molecule has 0 aromatic heterocycles. The maximum atomic E-state index is 12.4. The maximum Gasteiger partial charge on any atom is 0.240 e. The minimum absolute atomic E-state index is 0.0101. The summed E-state index contributed by atoms with van der Waals surface area (Å²) in [6, 6.07) is 5.02. The predicted molar refractivity (Wildman–Crippen MR) is 95.6 cm³/mol. The second-order valence-electron chi connectivity index (χ2n) is 8.32. The van der Waals surface area contributed by atoms with E-state index in [0.29, 0.717) is 17.7 Å². The van der Waals surface area contributed by atoms with E-state index in [9.17, 15) is 9.90 Å². The number of nitrogens with zero attached hydrogens (tertiary/aromatic N) is 1. The summed E-state index contributed by atoms with van der Waals surface area (Å²) in [7, 11) is 1.51. The molecule has 4 bridgehead atoms. The van der Waals surface area contributed by atoms with Gasteiger partial charge in [-0.05, 0) is 85.5 Å². The van der Waals surface area contributed by atoms with E-state index in [-0.39, 0.29) is 17.1 Å². The summed E-state index contributed by atoms with van der Waals surface area (Å²) >= 11 is 0. The summed E-state index contributed by atoms with van der Waals surface area (Å²) in [4.78, 5) is 12.4. The van der Waals surface area contributed by atoms with E-state index in [1.54, 1.807) is 24.4 Å². The number of benzene rings is 1. The molecular weight excluding hydrogens is 316 g/mol. The van der Waals surface area contributed by atoms with Gasteiger partial charge in [-0.2, -0.15) is 5.10 Å². The van der Waals surface area contributed by atoms with Crippen LogP contribution < -0.4 is 10.2 Å². The Morgan fingerprint density at radius 1 is 1.28 bits per heavy atom. The zero-order chi connectivity index (χ0) is 17.4. The lowest BCUT2D eigenvalue weighted by molar-refractivity contribution is -0.129. The Morgan fingerprint density at radius 2 is 1.92 bits per heavy atom. The quantitative estimate of drug-likeness (QED) is 0.636. The molecule has 4 aliphatic rings. The molecular formula is C20H26N2O3. The van der Waals surface area contributed by atoms with E-state index in [1.807, 2.05) is 0 Å². The second kappa shape index (κ2) is 6.36. The maximum absolute atomic E-state index is 12.4. The summed E-state index contributed by atoms with van der Waals surface area (Å²) in [5.74, 6) is 3.05. The molecule has 0 radical (unpaired) electrons. The van der Waals surface area contributed by atoms with Crippen molar-refractivity contribution in [2.45, 2.75) is 44.9 Å². The van der Waals surface area contributed by atoms with Gasteiger partial charge in [0.1, 0.15) is 0 Å². The Balaban J connectivity index is 1.34. The van der Waals surface area contributed by atoms with Crippen molar-refractivity contribution in [1.29, 1.82) is 0 Å². The van der Waals surface area contributed by atoms with Gasteiger partial charge in [-0.1, -0.05) is 0 Å². The zero-order valence-corrected chi connectivity index (χ0v) is 14.7. The van der Waals surface area contributed by atoms with Crippen LogP contribution in [0.25, 0.3) is 0 Å². The summed E-state index contributed by atoms with van der Waals surface area (Å²) in [6.45, 7) is 0. The highest BCUT2D eigenvalue weighted by atomic mass is 16.5. The monoisotopic (exact) mass is 342 g/mol. The van der Waals surface area contributed by atoms with E-state index < -0.39 is 0 Å². The van der Waals surface area contributed by atoms with Crippen LogP contribution >= 0.6 is 0 Å². The van der Waals surface area contributed by atoms with Gasteiger partial charge < -0.3 is 9.84 Å². The SMILES string of the molecule is COc1ccc(/C=N\NC(=O)CC23CC4CC(CC(C4)C2)C3)cc1O. The summed E-state index contributed by atoms with van der Waals surface area (Å²) < 4.78 is 5.01. The molecule has 0 unspecified atom stereocenters. The lowest BCUT2D eigenvalue weighted by atomic mass is 9.49. The zero-order valence-electron chi connectivity index (χ0n) is 14.7. The molecule has 134 valence electrons. The van der Waals surface area contributed by atoms with E-state index in [2.05, 4.69) is 10.5 Å². The fraction of sp³-hybridized carbons (Fsp3) is 0.600. The van der Waals surface area contributed by atoms with Crippen molar-refractivity contribution >= 4 is 12.1 Å². The highest BCUT2D eigenvalue weighted by molar-refractivity contribution is 5.83. The van der Waals surface area contributed by atoms with Crippen molar-refractivity contribution in [3.05, 3.63) is 23.8 Å². The van der Waals surface area contributed by atoms with Crippen LogP contribution in [0.2, 0.25) is 0 Å². The Labute approximate surface area is 148 Å². The molecule has 1 aromatic rings. The van der Waals surface area contributed by atoms with Gasteiger partial charge in [0.25, 0.3) is 0 Å². The number of phenolic OH excluding ortho intramolecular Hbond substituents is 1. The van der Waals surface area contributed by atoms with Crippen molar-refractivity contribution in [2.24, 2.45) is 28.3 Å². The lowest BCUT2D eigenvalue weighted by Crippen LogP contribution is -2.47. The van der Waals surface area contributed by atoms with Gasteiger partial charge in [0.15, 0.2) is 11.5 Å². The lowest BCUT2D eigenvalue weighted by Gasteiger charge is -2.56. The predicted octanol–water partition coefficient (Wildman–Crippen LogP) is 3.46. The largest absolute Gasteiger partial charge is 0.504 e. The van der Waals surface area contributed by atoms with Crippen molar-refractivity contribution in [3.63, 3.8) is 0 Å². The van der Waals surface area contributed by atoms with Gasteiger partial charge in [-0.15, -0.1) is 0 Å². The van der Waals surface area contributed by atoms with Crippen LogP contribution in [-0.2, 0) is 4.79 Å². The van der Waals surface area contributed by atoms with Gasteiger partial charge in [-0.25, -0.2) is 5.43 Å². The molecule has 0 heterocycles. The van der Waals surface area contributed by atoms with Crippen LogP contribution in [0.4, 0.5) is 0 Å². The molecule has 25 heavy (non-hydrogen) atoms. The topological polar surface area (TPSA) is 70.9 Å². The smallest absolute Gasteiger partial charge is 0.240 e. The number of hydrogen-bond donors (Lipinski definition) is 2. The first-order valence-electron chi connectivity index (χ1n) is 9.24. The van der Waals surface area contributed by atoms with Crippen molar-refractivity contribution in [1.82, 2.24) is 5.43 Å². The first kappa shape index (κ1) is 16.4. The first-order valence-corrected chi connectivity index (χ1v) is 9.24. The molecule has 4 saturated carbocycles. The fourth-order valence-electron chi connectivity index (χ4n) is 5.85. The van der Waals surface area contributed by atoms with Crippen LogP contribution in [0, 0.1) is 23.2 Å². The number of carbonyl (C=O) groups excluding carboxylic acids is 1. The third-order valence-electron chi connectivity index (χ3n) is 6.31. The van der Waals surface area contributed by atoms with Crippen LogP contribution in [-0.4, -0.2) is 24.3 Å². The number of aromatic hydroxyl groups is 1. The number of nitrogens with one attached hydrogen (secondary N) is 1. The molecule has 0 spiro atoms. The standard InChI is InChI=1S/C20H26N2O3/c1-25-18-3-2-13(7-17(18)23)12-21-22-19(24)11-20-8-14-4-15(9-20)6-16(5-14)10-20/h2-3,7,12,14-16,23H,4-6,8-11H2,1H3,(H,22,24)/b21-12-. The highest BCUT2D eigenvalue weighted by Crippen LogP contribution is 2.61. The molecule has 1 aromatic carbocycles. The number of methoxy groups -OCH3 is 1. The van der Waals surface area contributed by atoms with E-state index in [0.717, 1.165) is 17.8 Å². The molecule has 0 aliphatic heterocycles. The molecule has 5 nitrogen and oxygen atoms in total. The van der Waals surface area contributed by atoms with Gasteiger partial charge in [0.05, 0.1) is 13.3 Å². The van der Waals surface area contributed by atoms with Crippen LogP contribution in [0.5, 0.6) is 11.5 Å². The normalized spacial score (nSPS) is 32.9. The molecule has 5 rings (SSSR count). The third-order valence-corrected chi connectivity index (χ3v) is 6.31. The van der Waals surface area contributed by atoms with Crippen molar-refractivity contribution in [2.75, 3.05) is 7.11 Å². The molecule has 0 atom stereocenters. The number of hydrogen-bond acceptors (Lipinski definition) is 4. The van der Waals surface area contributed by atoms with Crippen molar-refractivity contribution in [3.8, 4) is 11.5 Å². The van der Waals surface area contributed by atoms with Gasteiger partial charge >= 0.3 is 0 Å². The van der Waals surface area contributed by atoms with Crippen LogP contribution in [0.3, 0.4) is 0 Å². The number of ether oxygens (including phenoxy) is 1. The molecule has 2 N–H and O–H groups in total. The van der Waals surface area contributed by atoms with E-state index in [1.165, 1.54) is 45.6 Å². The minimum Gasteiger partial charge on any atom is -0.504 e. The van der Waals surface area contributed by atoms with E-state index in [4.69, 9.17) is 4.74 Å². The highest BCUT2D eigenvalue weighted by Gasteiger charge is 2.51. The number of phenols is 1. The summed E-state index contributed by atoms with van der Waals surface area (Å²) in [6.07, 6.45) is 9.99. The summed E-state index contributed by atoms with van der Waals surface area (Å²) in [5, 5.41) is 13.8. The Bertz CT molecular complexity index is 663. The second-order valence-corrected chi connectivity index (χ2v) is 8.32. The van der Waals surface area contributed by atoms with Gasteiger partial charge in [0, 0.05) is 6.42 Å². The summed E-state index contributed by atoms with van der Waals surface area (Å²) in [5.41, 5.74) is 3.62. The fourth-order valence-corrected chi connectivity index (χ4v) is 5.85. The molecule has 5 heteroatoms. The van der Waals surface area contributed by atoms with Crippen LogP contribution in [0.1, 0.15) is 50.5 Å². The minimum atomic E-state index is 0.0101. The number of rotatable bonds is 5. The van der Waals surface area contributed by atoms with Crippen molar-refractivity contribution < 1.29 is 14.6 Å². The van der Waals surface area contributed by atoms with Gasteiger partial charge in [-0.3, -0.25) is 4.79 Å². The Morgan fingerprint density at radius 3 is 2.48 bits per heavy atom. The Hall–Kier alpha value is -2.04. The first-order chi connectivity index (χ1) is 12.0. The average molecular weight is 342 g/mol. The van der Waals surface area contributed by atoms with Crippen LogP contribution in [0.15, 0.2) is 23.3 Å². The van der Waals surface area contributed by atoms with E-state index >= 15 is 0 Å². The molecule has 4 fully saturated rings. The molecule has 0 saturated heterocycles. The number of carbonyl (C=O) groups is 1. The average Bonchev–Trinajstić information content (AvgIpc) is 2.53.